The van der Waals surface area contributed by atoms with Crippen LogP contribution in [0.4, 0.5) is 0 Å². The summed E-state index contributed by atoms with van der Waals surface area (Å²) in [4.78, 5) is 25.6. The van der Waals surface area contributed by atoms with Gasteiger partial charge in [0.05, 0.1) is 20.3 Å². The fourth-order valence-electron chi connectivity index (χ4n) is 4.57. The van der Waals surface area contributed by atoms with Gasteiger partial charge in [0.15, 0.2) is 5.60 Å². The molecule has 0 bridgehead atoms. The van der Waals surface area contributed by atoms with Crippen LogP contribution in [0.3, 0.4) is 0 Å². The van der Waals surface area contributed by atoms with Crippen molar-refractivity contribution >= 4 is 18.0 Å². The van der Waals surface area contributed by atoms with Crippen molar-refractivity contribution in [3.05, 3.63) is 71.3 Å². The van der Waals surface area contributed by atoms with E-state index in [2.05, 4.69) is 27.7 Å². The van der Waals surface area contributed by atoms with Crippen molar-refractivity contribution in [1.82, 2.24) is 0 Å². The molecule has 36 heavy (non-hydrogen) atoms. The summed E-state index contributed by atoms with van der Waals surface area (Å²) in [5.41, 5.74) is 1.32. The molecule has 0 radical (unpaired) electrons. The number of carbonyl (C=O) groups is 2. The zero-order valence-electron chi connectivity index (χ0n) is 22.0. The minimum absolute atomic E-state index is 0.0464. The van der Waals surface area contributed by atoms with Crippen LogP contribution in [-0.2, 0) is 30.4 Å². The standard InChI is InChI=1S/C30H38O6/c1-21(2)27(22(3)4)16-28(31)35-20-30(19-34-18-24-9-7-6-8-10-24)17-25(29(32)36-30)15-23-11-13-26(33-5)14-12-23/h6-15,21-22,27H,16-20H2,1-5H3/b25-15+. The Kier molecular flexibility index (Phi) is 9.71. The number of carbonyl (C=O) groups excluding carboxylic acids is 2. The zero-order valence-corrected chi connectivity index (χ0v) is 22.0. The molecule has 1 saturated heterocycles. The van der Waals surface area contributed by atoms with Crippen LogP contribution in [0.25, 0.3) is 6.08 Å². The largest absolute Gasteiger partial charge is 0.497 e. The molecule has 194 valence electrons. The number of benzene rings is 2. The average molecular weight is 495 g/mol. The molecule has 0 amide bonds. The van der Waals surface area contributed by atoms with Gasteiger partial charge in [0.1, 0.15) is 12.4 Å². The average Bonchev–Trinajstić information content (AvgIpc) is 3.17. The molecule has 2 aromatic carbocycles. The highest BCUT2D eigenvalue weighted by Gasteiger charge is 2.45. The molecule has 1 heterocycles. The first-order valence-corrected chi connectivity index (χ1v) is 12.6. The quantitative estimate of drug-likeness (QED) is 0.273. The molecule has 1 aliphatic rings. The molecule has 1 atom stereocenters. The molecule has 1 fully saturated rings. The van der Waals surface area contributed by atoms with Crippen LogP contribution in [0.2, 0.25) is 0 Å². The van der Waals surface area contributed by atoms with Gasteiger partial charge >= 0.3 is 11.9 Å². The molecule has 1 aliphatic heterocycles. The summed E-state index contributed by atoms with van der Waals surface area (Å²) in [5.74, 6) is 0.983. The summed E-state index contributed by atoms with van der Waals surface area (Å²) in [6.07, 6.45) is 2.42. The van der Waals surface area contributed by atoms with E-state index in [4.69, 9.17) is 18.9 Å². The third kappa shape index (κ3) is 7.69. The van der Waals surface area contributed by atoms with Crippen LogP contribution in [0, 0.1) is 17.8 Å². The van der Waals surface area contributed by atoms with E-state index >= 15 is 0 Å². The summed E-state index contributed by atoms with van der Waals surface area (Å²) < 4.78 is 22.7. The maximum atomic E-state index is 12.8. The van der Waals surface area contributed by atoms with E-state index in [1.807, 2.05) is 54.6 Å². The Morgan fingerprint density at radius 1 is 1.00 bits per heavy atom. The van der Waals surface area contributed by atoms with Crippen molar-refractivity contribution in [2.45, 2.75) is 52.7 Å². The second-order valence-electron chi connectivity index (χ2n) is 10.2. The van der Waals surface area contributed by atoms with Crippen molar-refractivity contribution in [2.75, 3.05) is 20.3 Å². The van der Waals surface area contributed by atoms with Crippen molar-refractivity contribution in [3.63, 3.8) is 0 Å². The van der Waals surface area contributed by atoms with Crippen LogP contribution < -0.4 is 4.74 Å². The van der Waals surface area contributed by atoms with Crippen molar-refractivity contribution < 1.29 is 28.5 Å². The summed E-state index contributed by atoms with van der Waals surface area (Å²) >= 11 is 0. The van der Waals surface area contributed by atoms with Gasteiger partial charge in [-0.3, -0.25) is 4.79 Å². The van der Waals surface area contributed by atoms with Gasteiger partial charge in [-0.15, -0.1) is 0 Å². The molecular weight excluding hydrogens is 456 g/mol. The first kappa shape index (κ1) is 27.5. The van der Waals surface area contributed by atoms with Crippen LogP contribution in [0.15, 0.2) is 60.2 Å². The fraction of sp³-hybridized carbons (Fsp3) is 0.467. The highest BCUT2D eigenvalue weighted by molar-refractivity contribution is 5.96. The summed E-state index contributed by atoms with van der Waals surface area (Å²) in [5, 5.41) is 0. The van der Waals surface area contributed by atoms with E-state index < -0.39 is 11.6 Å². The molecule has 3 rings (SSSR count). The Labute approximate surface area is 214 Å². The van der Waals surface area contributed by atoms with Crippen molar-refractivity contribution in [2.24, 2.45) is 17.8 Å². The minimum Gasteiger partial charge on any atom is -0.497 e. The normalized spacial score (nSPS) is 18.8. The Morgan fingerprint density at radius 3 is 2.28 bits per heavy atom. The number of hydrogen-bond donors (Lipinski definition) is 0. The van der Waals surface area contributed by atoms with E-state index in [1.54, 1.807) is 13.2 Å². The Hall–Kier alpha value is -3.12. The predicted molar refractivity (Wildman–Crippen MR) is 139 cm³/mol. The van der Waals surface area contributed by atoms with E-state index in [-0.39, 0.29) is 31.5 Å². The van der Waals surface area contributed by atoms with Gasteiger partial charge in [0.2, 0.25) is 0 Å². The number of rotatable bonds is 12. The first-order chi connectivity index (χ1) is 17.2. The van der Waals surface area contributed by atoms with Gasteiger partial charge < -0.3 is 18.9 Å². The summed E-state index contributed by atoms with van der Waals surface area (Å²) in [6, 6.07) is 17.2. The molecule has 0 N–H and O–H groups in total. The van der Waals surface area contributed by atoms with Crippen molar-refractivity contribution in [1.29, 1.82) is 0 Å². The van der Waals surface area contributed by atoms with Gasteiger partial charge in [0.25, 0.3) is 0 Å². The van der Waals surface area contributed by atoms with E-state index in [1.165, 1.54) is 0 Å². The molecule has 0 saturated carbocycles. The number of esters is 2. The van der Waals surface area contributed by atoms with E-state index in [9.17, 15) is 9.59 Å². The Bertz CT molecular complexity index is 1020. The lowest BCUT2D eigenvalue weighted by molar-refractivity contribution is -0.170. The second kappa shape index (κ2) is 12.7. The van der Waals surface area contributed by atoms with Gasteiger partial charge in [0, 0.05) is 18.4 Å². The molecule has 2 aromatic rings. The lowest BCUT2D eigenvalue weighted by Gasteiger charge is -2.28. The van der Waals surface area contributed by atoms with Crippen LogP contribution in [0.1, 0.15) is 51.7 Å². The highest BCUT2D eigenvalue weighted by Crippen LogP contribution is 2.34. The monoisotopic (exact) mass is 494 g/mol. The number of hydrogen-bond acceptors (Lipinski definition) is 6. The molecular formula is C30H38O6. The molecule has 0 aliphatic carbocycles. The predicted octanol–water partition coefficient (Wildman–Crippen LogP) is 5.84. The van der Waals surface area contributed by atoms with E-state index in [0.717, 1.165) is 16.9 Å². The van der Waals surface area contributed by atoms with Gasteiger partial charge in [-0.25, -0.2) is 4.79 Å². The molecule has 0 aromatic heterocycles. The molecule has 6 heteroatoms. The van der Waals surface area contributed by atoms with Gasteiger partial charge in [-0.1, -0.05) is 70.2 Å². The maximum Gasteiger partial charge on any atom is 0.334 e. The lowest BCUT2D eigenvalue weighted by atomic mass is 9.83. The van der Waals surface area contributed by atoms with Crippen molar-refractivity contribution in [3.8, 4) is 5.75 Å². The highest BCUT2D eigenvalue weighted by atomic mass is 16.6. The molecule has 1 unspecified atom stereocenters. The lowest BCUT2D eigenvalue weighted by Crippen LogP contribution is -2.40. The Balaban J connectivity index is 1.72. The number of ether oxygens (including phenoxy) is 4. The maximum absolute atomic E-state index is 12.8. The minimum atomic E-state index is -1.06. The third-order valence-corrected chi connectivity index (χ3v) is 6.63. The van der Waals surface area contributed by atoms with Crippen LogP contribution in [0.5, 0.6) is 5.75 Å². The van der Waals surface area contributed by atoms with Gasteiger partial charge in [-0.2, -0.15) is 0 Å². The number of cyclic esters (lactones) is 1. The van der Waals surface area contributed by atoms with Crippen LogP contribution in [-0.4, -0.2) is 37.9 Å². The topological polar surface area (TPSA) is 71.1 Å². The molecule has 6 nitrogen and oxygen atoms in total. The molecule has 0 spiro atoms. The number of methoxy groups -OCH3 is 1. The summed E-state index contributed by atoms with van der Waals surface area (Å²) in [6.45, 7) is 8.91. The van der Waals surface area contributed by atoms with Crippen LogP contribution >= 0.6 is 0 Å². The third-order valence-electron chi connectivity index (χ3n) is 6.63. The SMILES string of the molecule is COc1ccc(/C=C2\CC(COCc3ccccc3)(COC(=O)CC(C(C)C)C(C)C)OC2=O)cc1. The first-order valence-electron chi connectivity index (χ1n) is 12.6. The van der Waals surface area contributed by atoms with E-state index in [0.29, 0.717) is 30.4 Å². The smallest absolute Gasteiger partial charge is 0.334 e. The zero-order chi connectivity index (χ0) is 26.1. The Morgan fingerprint density at radius 2 is 1.67 bits per heavy atom. The summed E-state index contributed by atoms with van der Waals surface area (Å²) in [7, 11) is 1.61. The van der Waals surface area contributed by atoms with Gasteiger partial charge in [-0.05, 0) is 47.1 Å². The second-order valence-corrected chi connectivity index (χ2v) is 10.2. The fourth-order valence-corrected chi connectivity index (χ4v) is 4.57.